The summed E-state index contributed by atoms with van der Waals surface area (Å²) in [6.07, 6.45) is 3.64. The smallest absolute Gasteiger partial charge is 0.255 e. The maximum Gasteiger partial charge on any atom is 0.255 e. The van der Waals surface area contributed by atoms with E-state index >= 15 is 0 Å². The van der Waals surface area contributed by atoms with Gasteiger partial charge in [-0.3, -0.25) is 4.79 Å². The van der Waals surface area contributed by atoms with Gasteiger partial charge < -0.3 is 15.5 Å². The fraction of sp³-hybridized carbons (Fsp3) is 0.500. The predicted octanol–water partition coefficient (Wildman–Crippen LogP) is 2.44. The highest BCUT2D eigenvalue weighted by Gasteiger charge is 2.23. The summed E-state index contributed by atoms with van der Waals surface area (Å²) >= 11 is 3.24. The van der Waals surface area contributed by atoms with Crippen LogP contribution in [-0.2, 0) is 0 Å². The number of hydrogen-bond donors (Lipinski definition) is 3. The lowest BCUT2D eigenvalue weighted by atomic mass is 9.86. The molecular formula is C14H18BrNO3. The summed E-state index contributed by atoms with van der Waals surface area (Å²) in [6.45, 7) is 0.230. The Bertz CT molecular complexity index is 456. The number of benzene rings is 1. The van der Waals surface area contributed by atoms with Gasteiger partial charge in [0.15, 0.2) is 0 Å². The van der Waals surface area contributed by atoms with Gasteiger partial charge in [0.2, 0.25) is 0 Å². The first kappa shape index (κ1) is 14.3. The number of aliphatic hydroxyl groups is 1. The van der Waals surface area contributed by atoms with Gasteiger partial charge in [0.25, 0.3) is 5.91 Å². The molecule has 5 heteroatoms. The Morgan fingerprint density at radius 3 is 2.58 bits per heavy atom. The van der Waals surface area contributed by atoms with Gasteiger partial charge >= 0.3 is 0 Å². The van der Waals surface area contributed by atoms with Gasteiger partial charge in [-0.05, 0) is 49.8 Å². The molecule has 1 aliphatic rings. The fourth-order valence-corrected chi connectivity index (χ4v) is 2.80. The first-order valence-electron chi connectivity index (χ1n) is 6.50. The highest BCUT2D eigenvalue weighted by molar-refractivity contribution is 9.10. The van der Waals surface area contributed by atoms with Crippen LogP contribution in [-0.4, -0.2) is 28.8 Å². The number of amides is 1. The molecule has 1 saturated carbocycles. The molecule has 0 spiro atoms. The topological polar surface area (TPSA) is 69.6 Å². The second kappa shape index (κ2) is 6.39. The second-order valence-electron chi connectivity index (χ2n) is 5.04. The number of aliphatic hydroxyl groups excluding tert-OH is 1. The number of carbonyl (C=O) groups excluding carboxylic acids is 1. The lowest BCUT2D eigenvalue weighted by molar-refractivity contribution is 0.0911. The highest BCUT2D eigenvalue weighted by Crippen LogP contribution is 2.25. The fourth-order valence-electron chi connectivity index (χ4n) is 2.45. The van der Waals surface area contributed by atoms with E-state index in [9.17, 15) is 9.90 Å². The summed E-state index contributed by atoms with van der Waals surface area (Å²) in [5, 5.41) is 21.8. The molecule has 0 bridgehead atoms. The van der Waals surface area contributed by atoms with Gasteiger partial charge in [-0.1, -0.05) is 15.9 Å². The van der Waals surface area contributed by atoms with Crippen LogP contribution < -0.4 is 5.32 Å². The van der Waals surface area contributed by atoms with Crippen molar-refractivity contribution in [3.8, 4) is 5.75 Å². The summed E-state index contributed by atoms with van der Waals surface area (Å²) in [7, 11) is 0. The minimum absolute atomic E-state index is 0.0177. The molecule has 0 atom stereocenters. The summed E-state index contributed by atoms with van der Waals surface area (Å²) in [5.41, 5.74) is 0.299. The predicted molar refractivity (Wildman–Crippen MR) is 76.1 cm³/mol. The molecule has 3 N–H and O–H groups in total. The Balaban J connectivity index is 1.94. The van der Waals surface area contributed by atoms with Crippen molar-refractivity contribution in [2.45, 2.75) is 31.7 Å². The summed E-state index contributed by atoms with van der Waals surface area (Å²) in [6, 6.07) is 4.99. The molecule has 0 saturated heterocycles. The van der Waals surface area contributed by atoms with E-state index in [4.69, 9.17) is 5.11 Å². The van der Waals surface area contributed by atoms with Crippen LogP contribution in [0.5, 0.6) is 5.75 Å². The van der Waals surface area contributed by atoms with Crippen molar-refractivity contribution >= 4 is 21.8 Å². The Kier molecular flexibility index (Phi) is 4.82. The van der Waals surface area contributed by atoms with Crippen LogP contribution in [0.3, 0.4) is 0 Å². The number of halogens is 1. The van der Waals surface area contributed by atoms with Crippen molar-refractivity contribution in [2.75, 3.05) is 6.61 Å². The van der Waals surface area contributed by atoms with E-state index in [1.165, 1.54) is 6.07 Å². The van der Waals surface area contributed by atoms with Crippen LogP contribution in [0.4, 0.5) is 0 Å². The molecular weight excluding hydrogens is 310 g/mol. The van der Waals surface area contributed by atoms with Gasteiger partial charge in [0.1, 0.15) is 5.75 Å². The lowest BCUT2D eigenvalue weighted by Crippen LogP contribution is -2.38. The van der Waals surface area contributed by atoms with Gasteiger partial charge in [0, 0.05) is 17.1 Å². The quantitative estimate of drug-likeness (QED) is 0.798. The van der Waals surface area contributed by atoms with Crippen molar-refractivity contribution in [3.63, 3.8) is 0 Å². The average Bonchev–Trinajstić information content (AvgIpc) is 2.39. The third-order valence-electron chi connectivity index (χ3n) is 3.64. The van der Waals surface area contributed by atoms with Crippen LogP contribution in [0.1, 0.15) is 36.0 Å². The molecule has 0 aliphatic heterocycles. The number of phenols is 1. The van der Waals surface area contributed by atoms with Gasteiger partial charge in [-0.25, -0.2) is 0 Å². The van der Waals surface area contributed by atoms with Crippen LogP contribution in [0.2, 0.25) is 0 Å². The number of rotatable bonds is 3. The zero-order valence-corrected chi connectivity index (χ0v) is 12.2. The minimum atomic E-state index is -0.238. The molecule has 0 radical (unpaired) electrons. The van der Waals surface area contributed by atoms with E-state index in [1.54, 1.807) is 12.1 Å². The van der Waals surface area contributed by atoms with Crippen LogP contribution in [0, 0.1) is 5.92 Å². The molecule has 1 amide bonds. The standard InChI is InChI=1S/C14H18BrNO3/c15-10-3-6-12(13(18)7-10)14(19)16-11-4-1-9(8-17)2-5-11/h3,6-7,9,11,17-18H,1-2,4-5,8H2,(H,16,19). The van der Waals surface area contributed by atoms with E-state index in [1.807, 2.05) is 0 Å². The van der Waals surface area contributed by atoms with Crippen molar-refractivity contribution in [3.05, 3.63) is 28.2 Å². The van der Waals surface area contributed by atoms with Gasteiger partial charge in [0.05, 0.1) is 5.56 Å². The lowest BCUT2D eigenvalue weighted by Gasteiger charge is -2.28. The minimum Gasteiger partial charge on any atom is -0.507 e. The van der Waals surface area contributed by atoms with E-state index in [2.05, 4.69) is 21.2 Å². The SMILES string of the molecule is O=C(NC1CCC(CO)CC1)c1ccc(Br)cc1O. The highest BCUT2D eigenvalue weighted by atomic mass is 79.9. The Morgan fingerprint density at radius 2 is 2.00 bits per heavy atom. The van der Waals surface area contributed by atoms with Crippen LogP contribution >= 0.6 is 15.9 Å². The van der Waals surface area contributed by atoms with Crippen molar-refractivity contribution in [2.24, 2.45) is 5.92 Å². The third-order valence-corrected chi connectivity index (χ3v) is 4.14. The summed E-state index contributed by atoms with van der Waals surface area (Å²) in [5.74, 6) is 0.114. The van der Waals surface area contributed by atoms with Crippen molar-refractivity contribution < 1.29 is 15.0 Å². The van der Waals surface area contributed by atoms with Crippen molar-refractivity contribution in [1.82, 2.24) is 5.32 Å². The molecule has 2 rings (SSSR count). The third kappa shape index (κ3) is 3.70. The maximum atomic E-state index is 12.1. The average molecular weight is 328 g/mol. The van der Waals surface area contributed by atoms with Gasteiger partial charge in [-0.2, -0.15) is 0 Å². The number of aromatic hydroxyl groups is 1. The number of hydrogen-bond acceptors (Lipinski definition) is 3. The van der Waals surface area contributed by atoms with E-state index in [0.717, 1.165) is 30.2 Å². The van der Waals surface area contributed by atoms with Crippen LogP contribution in [0.25, 0.3) is 0 Å². The Hall–Kier alpha value is -1.07. The molecule has 1 aromatic rings. The maximum absolute atomic E-state index is 12.1. The molecule has 1 fully saturated rings. The molecule has 19 heavy (non-hydrogen) atoms. The van der Waals surface area contributed by atoms with Crippen LogP contribution in [0.15, 0.2) is 22.7 Å². The number of carbonyl (C=O) groups is 1. The Morgan fingerprint density at radius 1 is 1.32 bits per heavy atom. The molecule has 0 unspecified atom stereocenters. The van der Waals surface area contributed by atoms with E-state index < -0.39 is 0 Å². The molecule has 1 aromatic carbocycles. The van der Waals surface area contributed by atoms with Crippen molar-refractivity contribution in [1.29, 1.82) is 0 Å². The zero-order chi connectivity index (χ0) is 13.8. The molecule has 104 valence electrons. The zero-order valence-electron chi connectivity index (χ0n) is 10.6. The molecule has 1 aliphatic carbocycles. The number of phenolic OH excluding ortho intramolecular Hbond substituents is 1. The summed E-state index contributed by atoms with van der Waals surface area (Å²) in [4.78, 5) is 12.1. The molecule has 0 heterocycles. The second-order valence-corrected chi connectivity index (χ2v) is 5.95. The number of nitrogens with one attached hydrogen (secondary N) is 1. The first-order chi connectivity index (χ1) is 9.10. The van der Waals surface area contributed by atoms with Gasteiger partial charge in [-0.15, -0.1) is 0 Å². The Labute approximate surface area is 121 Å². The first-order valence-corrected chi connectivity index (χ1v) is 7.29. The monoisotopic (exact) mass is 327 g/mol. The normalized spacial score (nSPS) is 23.1. The molecule has 4 nitrogen and oxygen atoms in total. The van der Waals surface area contributed by atoms with E-state index in [-0.39, 0.29) is 24.3 Å². The largest absolute Gasteiger partial charge is 0.507 e. The summed E-state index contributed by atoms with van der Waals surface area (Å²) < 4.78 is 0.741. The van der Waals surface area contributed by atoms with E-state index in [0.29, 0.717) is 11.5 Å². The molecule has 0 aromatic heterocycles.